The van der Waals surface area contributed by atoms with E-state index in [-0.39, 0.29) is 0 Å². The van der Waals surface area contributed by atoms with E-state index in [4.69, 9.17) is 0 Å². The summed E-state index contributed by atoms with van der Waals surface area (Å²) in [5.41, 5.74) is 0.467. The molecule has 0 aromatic heterocycles. The Morgan fingerprint density at radius 1 is 1.25 bits per heavy atom. The van der Waals surface area contributed by atoms with Gasteiger partial charge in [-0.15, -0.1) is 0 Å². The molecule has 1 spiro atoms. The molecule has 1 heterocycles. The van der Waals surface area contributed by atoms with E-state index in [0.29, 0.717) is 5.54 Å². The SMILES string of the molecule is [CH]1CC12CC=CCN2. The minimum atomic E-state index is 0.467. The first-order valence-electron chi connectivity index (χ1n) is 3.16. The molecule has 1 aliphatic carbocycles. The summed E-state index contributed by atoms with van der Waals surface area (Å²) in [6.07, 6.45) is 9.29. The molecule has 1 N–H and O–H groups in total. The lowest BCUT2D eigenvalue weighted by molar-refractivity contribution is 0.534. The third-order valence-electron chi connectivity index (χ3n) is 1.92. The normalized spacial score (nSPS) is 31.0. The van der Waals surface area contributed by atoms with Gasteiger partial charge in [-0.3, -0.25) is 0 Å². The van der Waals surface area contributed by atoms with E-state index in [9.17, 15) is 0 Å². The van der Waals surface area contributed by atoms with Crippen LogP contribution < -0.4 is 5.32 Å². The van der Waals surface area contributed by atoms with Crippen LogP contribution in [0.3, 0.4) is 0 Å². The summed E-state index contributed by atoms with van der Waals surface area (Å²) in [7, 11) is 0. The maximum atomic E-state index is 3.43. The van der Waals surface area contributed by atoms with Crippen molar-refractivity contribution in [1.82, 2.24) is 5.32 Å². The molecule has 1 aliphatic heterocycles. The van der Waals surface area contributed by atoms with Gasteiger partial charge in [-0.05, 0) is 19.3 Å². The van der Waals surface area contributed by atoms with Gasteiger partial charge in [-0.1, -0.05) is 12.2 Å². The van der Waals surface area contributed by atoms with Crippen molar-refractivity contribution in [2.75, 3.05) is 6.54 Å². The molecule has 0 bridgehead atoms. The maximum Gasteiger partial charge on any atom is 0.0254 e. The van der Waals surface area contributed by atoms with Gasteiger partial charge in [0.05, 0.1) is 0 Å². The number of rotatable bonds is 0. The van der Waals surface area contributed by atoms with Crippen LogP contribution in [-0.4, -0.2) is 12.1 Å². The minimum absolute atomic E-state index is 0.467. The molecule has 0 saturated heterocycles. The van der Waals surface area contributed by atoms with Crippen molar-refractivity contribution in [3.05, 3.63) is 18.6 Å². The standard InChI is InChI=1S/C7H10N/c1-2-6-8-7(3-1)4-5-7/h1-2,4,8H,3,5-6H2. The van der Waals surface area contributed by atoms with E-state index in [0.717, 1.165) is 6.54 Å². The Kier molecular flexibility index (Phi) is 0.770. The van der Waals surface area contributed by atoms with Crippen LogP contribution in [0.5, 0.6) is 0 Å². The maximum absolute atomic E-state index is 3.43. The lowest BCUT2D eigenvalue weighted by atomic mass is 10.1. The third-order valence-corrected chi connectivity index (χ3v) is 1.92. The molecule has 1 fully saturated rings. The molecule has 1 radical (unpaired) electrons. The van der Waals surface area contributed by atoms with E-state index < -0.39 is 0 Å². The van der Waals surface area contributed by atoms with Crippen molar-refractivity contribution in [3.63, 3.8) is 0 Å². The first kappa shape index (κ1) is 4.57. The van der Waals surface area contributed by atoms with Gasteiger partial charge in [0.25, 0.3) is 0 Å². The van der Waals surface area contributed by atoms with Crippen molar-refractivity contribution < 1.29 is 0 Å². The molecule has 2 rings (SSSR count). The van der Waals surface area contributed by atoms with Crippen LogP contribution >= 0.6 is 0 Å². The second kappa shape index (κ2) is 1.35. The van der Waals surface area contributed by atoms with Crippen molar-refractivity contribution >= 4 is 0 Å². The zero-order valence-electron chi connectivity index (χ0n) is 4.85. The average molecular weight is 108 g/mol. The van der Waals surface area contributed by atoms with E-state index in [1.165, 1.54) is 12.8 Å². The van der Waals surface area contributed by atoms with E-state index in [1.54, 1.807) is 0 Å². The van der Waals surface area contributed by atoms with E-state index >= 15 is 0 Å². The summed E-state index contributed by atoms with van der Waals surface area (Å²) in [4.78, 5) is 0. The molecule has 0 amide bonds. The summed E-state index contributed by atoms with van der Waals surface area (Å²) in [6.45, 7) is 1.07. The molecule has 2 aliphatic rings. The van der Waals surface area contributed by atoms with Crippen LogP contribution in [0.25, 0.3) is 0 Å². The van der Waals surface area contributed by atoms with Crippen LogP contribution in [0.1, 0.15) is 12.8 Å². The minimum Gasteiger partial charge on any atom is -0.307 e. The van der Waals surface area contributed by atoms with Crippen molar-refractivity contribution in [2.45, 2.75) is 18.4 Å². The summed E-state index contributed by atoms with van der Waals surface area (Å²) < 4.78 is 0. The van der Waals surface area contributed by atoms with E-state index in [2.05, 4.69) is 23.9 Å². The largest absolute Gasteiger partial charge is 0.307 e. The molecule has 0 aromatic rings. The Bertz CT molecular complexity index is 122. The third kappa shape index (κ3) is 0.583. The molecule has 1 nitrogen and oxygen atoms in total. The lowest BCUT2D eigenvalue weighted by Gasteiger charge is -2.16. The van der Waals surface area contributed by atoms with Gasteiger partial charge in [-0.25, -0.2) is 0 Å². The van der Waals surface area contributed by atoms with Crippen LogP contribution in [0.4, 0.5) is 0 Å². The molecular formula is C7H10N. The summed E-state index contributed by atoms with van der Waals surface area (Å²) >= 11 is 0. The monoisotopic (exact) mass is 108 g/mol. The molecule has 0 aromatic carbocycles. The first-order valence-corrected chi connectivity index (χ1v) is 3.16. The molecular weight excluding hydrogens is 98.1 g/mol. The van der Waals surface area contributed by atoms with Crippen LogP contribution in [0.2, 0.25) is 0 Å². The molecule has 8 heavy (non-hydrogen) atoms. The topological polar surface area (TPSA) is 12.0 Å². The van der Waals surface area contributed by atoms with Crippen LogP contribution in [-0.2, 0) is 0 Å². The van der Waals surface area contributed by atoms with Gasteiger partial charge in [0.2, 0.25) is 0 Å². The molecule has 1 heteroatoms. The Morgan fingerprint density at radius 3 is 2.50 bits per heavy atom. The van der Waals surface area contributed by atoms with Gasteiger partial charge in [-0.2, -0.15) is 0 Å². The van der Waals surface area contributed by atoms with Gasteiger partial charge < -0.3 is 5.32 Å². The quantitative estimate of drug-likeness (QED) is 0.454. The second-order valence-corrected chi connectivity index (χ2v) is 2.62. The van der Waals surface area contributed by atoms with Crippen LogP contribution in [0, 0.1) is 6.42 Å². The number of hydrogen-bond donors (Lipinski definition) is 1. The highest BCUT2D eigenvalue weighted by Crippen LogP contribution is 2.38. The Morgan fingerprint density at radius 2 is 2.12 bits per heavy atom. The molecule has 43 valence electrons. The first-order chi connectivity index (χ1) is 3.91. The van der Waals surface area contributed by atoms with Gasteiger partial charge >= 0.3 is 0 Å². The molecule has 1 atom stereocenters. The molecule has 1 saturated carbocycles. The van der Waals surface area contributed by atoms with Gasteiger partial charge in [0.1, 0.15) is 0 Å². The number of hydrogen-bond acceptors (Lipinski definition) is 1. The highest BCUT2D eigenvalue weighted by Gasteiger charge is 2.41. The smallest absolute Gasteiger partial charge is 0.0254 e. The summed E-state index contributed by atoms with van der Waals surface area (Å²) in [5, 5.41) is 3.43. The van der Waals surface area contributed by atoms with Crippen molar-refractivity contribution in [2.24, 2.45) is 0 Å². The Labute approximate surface area is 49.8 Å². The predicted octanol–water partition coefficient (Wildman–Crippen LogP) is 0.883. The van der Waals surface area contributed by atoms with E-state index in [1.807, 2.05) is 0 Å². The molecule has 1 unspecified atom stereocenters. The zero-order valence-corrected chi connectivity index (χ0v) is 4.85. The lowest BCUT2D eigenvalue weighted by Crippen LogP contribution is -2.33. The fourth-order valence-corrected chi connectivity index (χ4v) is 1.15. The van der Waals surface area contributed by atoms with Crippen molar-refractivity contribution in [3.8, 4) is 0 Å². The predicted molar refractivity (Wildman–Crippen MR) is 33.4 cm³/mol. The fraction of sp³-hybridized carbons (Fsp3) is 0.571. The summed E-state index contributed by atoms with van der Waals surface area (Å²) in [6, 6.07) is 0. The fourth-order valence-electron chi connectivity index (χ4n) is 1.15. The zero-order chi connectivity index (χ0) is 5.45. The van der Waals surface area contributed by atoms with Crippen molar-refractivity contribution in [1.29, 1.82) is 0 Å². The van der Waals surface area contributed by atoms with Gasteiger partial charge in [0.15, 0.2) is 0 Å². The number of nitrogens with one attached hydrogen (secondary N) is 1. The highest BCUT2D eigenvalue weighted by atomic mass is 15.0. The van der Waals surface area contributed by atoms with Crippen LogP contribution in [0.15, 0.2) is 12.2 Å². The van der Waals surface area contributed by atoms with Gasteiger partial charge in [0, 0.05) is 12.1 Å². The Balaban J connectivity index is 2.08. The Hall–Kier alpha value is -0.300. The highest BCUT2D eigenvalue weighted by molar-refractivity contribution is 5.23. The second-order valence-electron chi connectivity index (χ2n) is 2.62. The average Bonchev–Trinajstić information content (AvgIpc) is 2.52. The summed E-state index contributed by atoms with van der Waals surface area (Å²) in [5.74, 6) is 0.